The minimum atomic E-state index is -0.206. The number of hydrogen-bond acceptors (Lipinski definition) is 2. The Morgan fingerprint density at radius 1 is 1.40 bits per heavy atom. The van der Waals surface area contributed by atoms with E-state index in [2.05, 4.69) is 0 Å². The quantitative estimate of drug-likeness (QED) is 0.633. The van der Waals surface area contributed by atoms with E-state index in [1.165, 1.54) is 0 Å². The topological polar surface area (TPSA) is 29.5 Å². The first-order valence-corrected chi connectivity index (χ1v) is 4.03. The van der Waals surface area contributed by atoms with Crippen molar-refractivity contribution < 1.29 is 9.84 Å². The van der Waals surface area contributed by atoms with Crippen LogP contribution < -0.4 is 0 Å². The maximum Gasteiger partial charge on any atom is 0.0837 e. The van der Waals surface area contributed by atoms with Crippen LogP contribution in [0.2, 0.25) is 0 Å². The van der Waals surface area contributed by atoms with Gasteiger partial charge in [0.25, 0.3) is 0 Å². The van der Waals surface area contributed by atoms with Gasteiger partial charge in [-0.1, -0.05) is 0 Å². The largest absolute Gasteiger partial charge is 0.390 e. The minimum absolute atomic E-state index is 0.111. The van der Waals surface area contributed by atoms with Crippen LogP contribution in [-0.4, -0.2) is 23.4 Å². The van der Waals surface area contributed by atoms with E-state index in [1.807, 2.05) is 13.8 Å². The third-order valence-electron chi connectivity index (χ3n) is 1.86. The summed E-state index contributed by atoms with van der Waals surface area (Å²) in [4.78, 5) is 0. The monoisotopic (exact) mass is 144 g/mol. The third kappa shape index (κ3) is 1.96. The van der Waals surface area contributed by atoms with E-state index in [1.54, 1.807) is 0 Å². The van der Waals surface area contributed by atoms with Crippen molar-refractivity contribution >= 4 is 0 Å². The lowest BCUT2D eigenvalue weighted by molar-refractivity contribution is -0.0481. The molecule has 0 saturated heterocycles. The van der Waals surface area contributed by atoms with Crippen molar-refractivity contribution in [2.24, 2.45) is 0 Å². The van der Waals surface area contributed by atoms with Crippen LogP contribution >= 0.6 is 0 Å². The Kier molecular flexibility index (Phi) is 2.69. The zero-order valence-corrected chi connectivity index (χ0v) is 6.71. The van der Waals surface area contributed by atoms with Gasteiger partial charge in [-0.3, -0.25) is 0 Å². The van der Waals surface area contributed by atoms with Crippen LogP contribution in [0.3, 0.4) is 0 Å². The summed E-state index contributed by atoms with van der Waals surface area (Å²) in [5.41, 5.74) is 0. The van der Waals surface area contributed by atoms with Gasteiger partial charge in [-0.15, -0.1) is 0 Å². The van der Waals surface area contributed by atoms with Gasteiger partial charge in [0.15, 0.2) is 0 Å². The Hall–Kier alpha value is -0.0800. The third-order valence-corrected chi connectivity index (χ3v) is 1.86. The molecular formula is C8H16O2. The van der Waals surface area contributed by atoms with Crippen molar-refractivity contribution in [3.05, 3.63) is 0 Å². The van der Waals surface area contributed by atoms with Crippen LogP contribution in [-0.2, 0) is 4.74 Å². The fourth-order valence-electron chi connectivity index (χ4n) is 1.41. The summed E-state index contributed by atoms with van der Waals surface area (Å²) in [6.45, 7) is 4.01. The molecule has 0 aromatic carbocycles. The predicted molar refractivity (Wildman–Crippen MR) is 39.9 cm³/mol. The molecule has 0 bridgehead atoms. The van der Waals surface area contributed by atoms with Crippen molar-refractivity contribution in [3.63, 3.8) is 0 Å². The van der Waals surface area contributed by atoms with E-state index in [9.17, 15) is 5.11 Å². The van der Waals surface area contributed by atoms with E-state index in [0.29, 0.717) is 0 Å². The predicted octanol–water partition coefficient (Wildman–Crippen LogP) is 1.32. The number of rotatable bonds is 2. The summed E-state index contributed by atoms with van der Waals surface area (Å²) in [7, 11) is 0. The lowest BCUT2D eigenvalue weighted by atomic mass is 10.2. The van der Waals surface area contributed by atoms with E-state index in [4.69, 9.17) is 4.74 Å². The van der Waals surface area contributed by atoms with E-state index < -0.39 is 0 Å². The van der Waals surface area contributed by atoms with Crippen molar-refractivity contribution in [2.45, 2.75) is 51.4 Å². The van der Waals surface area contributed by atoms with Gasteiger partial charge < -0.3 is 9.84 Å². The van der Waals surface area contributed by atoms with Crippen LogP contribution in [0.25, 0.3) is 0 Å². The van der Waals surface area contributed by atoms with Gasteiger partial charge in [0.2, 0.25) is 0 Å². The SMILES string of the molecule is CC(C)OC1CCC[C@@H]1O. The Morgan fingerprint density at radius 2 is 2.10 bits per heavy atom. The molecular weight excluding hydrogens is 128 g/mol. The molecule has 0 aromatic heterocycles. The first-order valence-electron chi connectivity index (χ1n) is 4.03. The van der Waals surface area contributed by atoms with Gasteiger partial charge in [-0.05, 0) is 33.1 Å². The van der Waals surface area contributed by atoms with Crippen LogP contribution in [0.5, 0.6) is 0 Å². The van der Waals surface area contributed by atoms with Gasteiger partial charge >= 0.3 is 0 Å². The van der Waals surface area contributed by atoms with Crippen LogP contribution in [0.1, 0.15) is 33.1 Å². The van der Waals surface area contributed by atoms with Crippen LogP contribution in [0.15, 0.2) is 0 Å². The molecule has 2 heteroatoms. The van der Waals surface area contributed by atoms with Gasteiger partial charge in [-0.2, -0.15) is 0 Å². The lowest BCUT2D eigenvalue weighted by Crippen LogP contribution is -2.25. The minimum Gasteiger partial charge on any atom is -0.390 e. The molecule has 1 rings (SSSR count). The second-order valence-electron chi connectivity index (χ2n) is 3.22. The lowest BCUT2D eigenvalue weighted by Gasteiger charge is -2.17. The fraction of sp³-hybridized carbons (Fsp3) is 1.00. The fourth-order valence-corrected chi connectivity index (χ4v) is 1.41. The molecule has 0 aromatic rings. The normalized spacial score (nSPS) is 33.6. The molecule has 2 nitrogen and oxygen atoms in total. The molecule has 60 valence electrons. The molecule has 0 radical (unpaired) electrons. The highest BCUT2D eigenvalue weighted by Crippen LogP contribution is 2.22. The summed E-state index contributed by atoms with van der Waals surface area (Å²) < 4.78 is 5.47. The van der Waals surface area contributed by atoms with E-state index in [0.717, 1.165) is 19.3 Å². The van der Waals surface area contributed by atoms with Crippen molar-refractivity contribution in [2.75, 3.05) is 0 Å². The molecule has 1 aliphatic rings. The molecule has 10 heavy (non-hydrogen) atoms. The first-order chi connectivity index (χ1) is 4.70. The zero-order chi connectivity index (χ0) is 7.56. The first kappa shape index (κ1) is 8.02. The average molecular weight is 144 g/mol. The van der Waals surface area contributed by atoms with E-state index >= 15 is 0 Å². The van der Waals surface area contributed by atoms with E-state index in [-0.39, 0.29) is 18.3 Å². The smallest absolute Gasteiger partial charge is 0.0837 e. The molecule has 0 amide bonds. The van der Waals surface area contributed by atoms with Gasteiger partial charge in [0.05, 0.1) is 18.3 Å². The average Bonchev–Trinajstić information content (AvgIpc) is 2.15. The highest BCUT2D eigenvalue weighted by molar-refractivity contribution is 4.77. The van der Waals surface area contributed by atoms with Crippen molar-refractivity contribution in [3.8, 4) is 0 Å². The Balaban J connectivity index is 2.26. The van der Waals surface area contributed by atoms with Crippen LogP contribution in [0.4, 0.5) is 0 Å². The Bertz CT molecular complexity index is 101. The number of ether oxygens (including phenoxy) is 1. The van der Waals surface area contributed by atoms with Crippen LogP contribution in [0, 0.1) is 0 Å². The summed E-state index contributed by atoms with van der Waals surface area (Å²) >= 11 is 0. The van der Waals surface area contributed by atoms with Crippen molar-refractivity contribution in [1.29, 1.82) is 0 Å². The summed E-state index contributed by atoms with van der Waals surface area (Å²) in [5, 5.41) is 9.31. The second kappa shape index (κ2) is 3.35. The molecule has 0 aliphatic heterocycles. The molecule has 0 heterocycles. The van der Waals surface area contributed by atoms with Gasteiger partial charge in [0, 0.05) is 0 Å². The molecule has 1 unspecified atom stereocenters. The maximum absolute atomic E-state index is 9.31. The molecule has 1 aliphatic carbocycles. The number of hydrogen-bond donors (Lipinski definition) is 1. The highest BCUT2D eigenvalue weighted by atomic mass is 16.5. The number of aliphatic hydroxyl groups is 1. The zero-order valence-electron chi connectivity index (χ0n) is 6.71. The molecule has 1 fully saturated rings. The van der Waals surface area contributed by atoms with Gasteiger partial charge in [0.1, 0.15) is 0 Å². The molecule has 1 N–H and O–H groups in total. The second-order valence-corrected chi connectivity index (χ2v) is 3.22. The maximum atomic E-state index is 9.31. The van der Waals surface area contributed by atoms with Gasteiger partial charge in [-0.25, -0.2) is 0 Å². The Labute approximate surface area is 62.2 Å². The summed E-state index contributed by atoms with van der Waals surface area (Å²) in [6.07, 6.45) is 3.20. The molecule has 1 saturated carbocycles. The van der Waals surface area contributed by atoms with Crippen molar-refractivity contribution in [1.82, 2.24) is 0 Å². The summed E-state index contributed by atoms with van der Waals surface area (Å²) in [5.74, 6) is 0. The highest BCUT2D eigenvalue weighted by Gasteiger charge is 2.26. The Morgan fingerprint density at radius 3 is 2.50 bits per heavy atom. The number of aliphatic hydroxyl groups excluding tert-OH is 1. The summed E-state index contributed by atoms with van der Waals surface area (Å²) in [6, 6.07) is 0. The standard InChI is InChI=1S/C8H16O2/c1-6(2)10-8-5-3-4-7(8)9/h6-9H,3-5H2,1-2H3/t7-,8?/m0/s1. The molecule has 2 atom stereocenters. The molecule has 0 spiro atoms.